The molecule has 0 aliphatic rings. The molecule has 0 amide bonds. The second kappa shape index (κ2) is 6.68. The monoisotopic (exact) mass is 308 g/mol. The Morgan fingerprint density at radius 2 is 1.95 bits per heavy atom. The Morgan fingerprint density at radius 3 is 2.57 bits per heavy atom. The van der Waals surface area contributed by atoms with E-state index in [0.717, 1.165) is 5.56 Å². The van der Waals surface area contributed by atoms with Crippen LogP contribution in [0.25, 0.3) is 0 Å². The van der Waals surface area contributed by atoms with Gasteiger partial charge in [-0.05, 0) is 31.5 Å². The molecule has 21 heavy (non-hydrogen) atoms. The summed E-state index contributed by atoms with van der Waals surface area (Å²) >= 11 is 5.88. The first-order valence-electron chi connectivity index (χ1n) is 6.75. The molecule has 0 bridgehead atoms. The molecule has 0 heterocycles. The topological polar surface area (TPSA) is 47.3 Å². The lowest BCUT2D eigenvalue weighted by Gasteiger charge is -2.18. The summed E-state index contributed by atoms with van der Waals surface area (Å²) in [6.07, 6.45) is 0. The van der Waals surface area contributed by atoms with Crippen molar-refractivity contribution in [3.8, 4) is 5.75 Å². The van der Waals surface area contributed by atoms with Gasteiger partial charge in [0.25, 0.3) is 0 Å². The fourth-order valence-corrected chi connectivity index (χ4v) is 2.15. The molecule has 2 rings (SSSR count). The highest BCUT2D eigenvalue weighted by molar-refractivity contribution is 6.30. The van der Waals surface area contributed by atoms with Crippen LogP contribution < -0.4 is 15.8 Å². The zero-order valence-electron chi connectivity index (χ0n) is 12.0. The predicted molar refractivity (Wildman–Crippen MR) is 85.5 cm³/mol. The second-order valence-electron chi connectivity index (χ2n) is 4.72. The average molecular weight is 309 g/mol. The number of hydrogen-bond acceptors (Lipinski definition) is 3. The first-order chi connectivity index (χ1) is 10.0. The van der Waals surface area contributed by atoms with Crippen LogP contribution >= 0.6 is 11.6 Å². The Balaban J connectivity index is 2.22. The highest BCUT2D eigenvalue weighted by Gasteiger charge is 2.12. The molecular weight excluding hydrogens is 291 g/mol. The van der Waals surface area contributed by atoms with Crippen LogP contribution in [0.4, 0.5) is 15.8 Å². The molecule has 0 aliphatic heterocycles. The summed E-state index contributed by atoms with van der Waals surface area (Å²) in [5.74, 6) is -0.267. The zero-order valence-corrected chi connectivity index (χ0v) is 12.7. The Hall–Kier alpha value is -1.94. The molecule has 112 valence electrons. The number of ether oxygens (including phenoxy) is 1. The molecule has 2 aromatic carbocycles. The van der Waals surface area contributed by atoms with Crippen molar-refractivity contribution in [1.82, 2.24) is 0 Å². The molecule has 1 atom stereocenters. The van der Waals surface area contributed by atoms with Gasteiger partial charge >= 0.3 is 0 Å². The maximum absolute atomic E-state index is 13.7. The van der Waals surface area contributed by atoms with Gasteiger partial charge in [0.05, 0.1) is 18.0 Å². The minimum atomic E-state index is -0.459. The quantitative estimate of drug-likeness (QED) is 0.791. The summed E-state index contributed by atoms with van der Waals surface area (Å²) in [6.45, 7) is 4.19. The number of nitrogens with one attached hydrogen (secondary N) is 1. The van der Waals surface area contributed by atoms with Crippen molar-refractivity contribution in [2.24, 2.45) is 0 Å². The smallest absolute Gasteiger partial charge is 0.167 e. The van der Waals surface area contributed by atoms with Crippen LogP contribution in [-0.2, 0) is 0 Å². The lowest BCUT2D eigenvalue weighted by atomic mass is 10.1. The second-order valence-corrected chi connectivity index (χ2v) is 5.16. The van der Waals surface area contributed by atoms with E-state index in [1.165, 1.54) is 6.07 Å². The van der Waals surface area contributed by atoms with Crippen molar-refractivity contribution in [3.63, 3.8) is 0 Å². The van der Waals surface area contributed by atoms with Crippen LogP contribution in [0, 0.1) is 5.82 Å². The summed E-state index contributed by atoms with van der Waals surface area (Å²) in [5, 5.41) is 3.94. The molecule has 2 aromatic rings. The van der Waals surface area contributed by atoms with Crippen molar-refractivity contribution >= 4 is 23.0 Å². The van der Waals surface area contributed by atoms with Crippen LogP contribution in [-0.4, -0.2) is 6.61 Å². The predicted octanol–water partition coefficient (Wildman–Crippen LogP) is 4.63. The van der Waals surface area contributed by atoms with Gasteiger partial charge in [-0.1, -0.05) is 23.7 Å². The lowest BCUT2D eigenvalue weighted by molar-refractivity contribution is 0.322. The van der Waals surface area contributed by atoms with E-state index in [0.29, 0.717) is 23.0 Å². The van der Waals surface area contributed by atoms with Gasteiger partial charge in [-0.15, -0.1) is 0 Å². The van der Waals surface area contributed by atoms with E-state index >= 15 is 0 Å². The first-order valence-corrected chi connectivity index (χ1v) is 7.13. The van der Waals surface area contributed by atoms with E-state index in [2.05, 4.69) is 5.32 Å². The van der Waals surface area contributed by atoms with E-state index in [-0.39, 0.29) is 11.8 Å². The van der Waals surface area contributed by atoms with Gasteiger partial charge in [-0.25, -0.2) is 4.39 Å². The van der Waals surface area contributed by atoms with Crippen molar-refractivity contribution in [2.75, 3.05) is 17.7 Å². The molecule has 0 aromatic heterocycles. The normalized spacial score (nSPS) is 12.0. The standard InChI is InChI=1S/C16H18ClFN2O/c1-3-21-16-9-15(14(19)8-13(16)18)20-10(2)11-4-6-12(17)7-5-11/h4-10,20H,3,19H2,1-2H3. The van der Waals surface area contributed by atoms with E-state index in [1.807, 2.05) is 31.2 Å². The molecule has 0 saturated carbocycles. The highest BCUT2D eigenvalue weighted by Crippen LogP contribution is 2.31. The van der Waals surface area contributed by atoms with Gasteiger partial charge in [-0.2, -0.15) is 0 Å². The number of rotatable bonds is 5. The minimum absolute atomic E-state index is 0.00417. The largest absolute Gasteiger partial charge is 0.491 e. The molecule has 0 saturated heterocycles. The fraction of sp³-hybridized carbons (Fsp3) is 0.250. The van der Waals surface area contributed by atoms with Crippen LogP contribution in [0.3, 0.4) is 0 Å². The fourth-order valence-electron chi connectivity index (χ4n) is 2.03. The number of nitrogen functional groups attached to an aromatic ring is 1. The average Bonchev–Trinajstić information content (AvgIpc) is 2.45. The number of nitrogens with two attached hydrogens (primary N) is 1. The third kappa shape index (κ3) is 3.79. The minimum Gasteiger partial charge on any atom is -0.491 e. The van der Waals surface area contributed by atoms with E-state index < -0.39 is 5.82 Å². The SMILES string of the molecule is CCOc1cc(NC(C)c2ccc(Cl)cc2)c(N)cc1F. The van der Waals surface area contributed by atoms with Gasteiger partial charge in [0.2, 0.25) is 0 Å². The highest BCUT2D eigenvalue weighted by atomic mass is 35.5. The van der Waals surface area contributed by atoms with E-state index in [1.54, 1.807) is 13.0 Å². The molecule has 5 heteroatoms. The maximum Gasteiger partial charge on any atom is 0.167 e. The Kier molecular flexibility index (Phi) is 4.91. The summed E-state index contributed by atoms with van der Waals surface area (Å²) in [5.41, 5.74) is 7.90. The van der Waals surface area contributed by atoms with Gasteiger partial charge in [0.15, 0.2) is 11.6 Å². The molecule has 3 nitrogen and oxygen atoms in total. The van der Waals surface area contributed by atoms with Crippen LogP contribution in [0.5, 0.6) is 5.75 Å². The zero-order chi connectivity index (χ0) is 15.4. The maximum atomic E-state index is 13.7. The lowest BCUT2D eigenvalue weighted by Crippen LogP contribution is -2.09. The third-order valence-electron chi connectivity index (χ3n) is 3.15. The number of hydrogen-bond donors (Lipinski definition) is 2. The summed E-state index contributed by atoms with van der Waals surface area (Å²) in [6, 6.07) is 10.4. The Bertz CT molecular complexity index is 616. The number of anilines is 2. The van der Waals surface area contributed by atoms with Crippen molar-refractivity contribution in [2.45, 2.75) is 19.9 Å². The van der Waals surface area contributed by atoms with E-state index in [4.69, 9.17) is 22.1 Å². The van der Waals surface area contributed by atoms with Crippen molar-refractivity contribution < 1.29 is 9.13 Å². The first kappa shape index (κ1) is 15.4. The molecule has 0 fully saturated rings. The molecular formula is C16H18ClFN2O. The van der Waals surface area contributed by atoms with Gasteiger partial charge < -0.3 is 15.8 Å². The number of halogens is 2. The van der Waals surface area contributed by atoms with Gasteiger partial charge in [0.1, 0.15) is 0 Å². The number of benzene rings is 2. The van der Waals surface area contributed by atoms with Gasteiger partial charge in [0, 0.05) is 23.2 Å². The molecule has 0 aliphatic carbocycles. The Labute approximate surface area is 128 Å². The molecule has 1 unspecified atom stereocenters. The van der Waals surface area contributed by atoms with E-state index in [9.17, 15) is 4.39 Å². The molecule has 0 spiro atoms. The van der Waals surface area contributed by atoms with Crippen LogP contribution in [0.2, 0.25) is 5.02 Å². The third-order valence-corrected chi connectivity index (χ3v) is 3.40. The van der Waals surface area contributed by atoms with Crippen LogP contribution in [0.15, 0.2) is 36.4 Å². The summed E-state index contributed by atoms with van der Waals surface area (Å²) in [7, 11) is 0. The van der Waals surface area contributed by atoms with Gasteiger partial charge in [-0.3, -0.25) is 0 Å². The van der Waals surface area contributed by atoms with Crippen molar-refractivity contribution in [1.29, 1.82) is 0 Å². The Morgan fingerprint density at radius 1 is 1.29 bits per heavy atom. The summed E-state index contributed by atoms with van der Waals surface area (Å²) in [4.78, 5) is 0. The van der Waals surface area contributed by atoms with Crippen LogP contribution in [0.1, 0.15) is 25.5 Å². The molecule has 0 radical (unpaired) electrons. The summed E-state index contributed by atoms with van der Waals surface area (Å²) < 4.78 is 18.9. The van der Waals surface area contributed by atoms with Crippen molar-refractivity contribution in [3.05, 3.63) is 52.8 Å². The molecule has 3 N–H and O–H groups in total.